The van der Waals surface area contributed by atoms with Crippen LogP contribution >= 0.6 is 0 Å². The van der Waals surface area contributed by atoms with Crippen LogP contribution in [0.1, 0.15) is 23.2 Å². The number of nitro groups is 1. The van der Waals surface area contributed by atoms with E-state index in [0.29, 0.717) is 6.61 Å². The predicted molar refractivity (Wildman–Crippen MR) is 95.3 cm³/mol. The molecule has 1 aliphatic heterocycles. The van der Waals surface area contributed by atoms with Crippen LogP contribution in [0.2, 0.25) is 0 Å². The third kappa shape index (κ3) is 3.19. The van der Waals surface area contributed by atoms with Crippen molar-refractivity contribution < 1.29 is 22.9 Å². The molecule has 0 saturated heterocycles. The van der Waals surface area contributed by atoms with E-state index in [9.17, 15) is 23.3 Å². The standard InChI is InChI=1S/C17H15N3O6S/c21-16(11-4-2-1-3-5-11)19-27(24,25)12-8-13(20(22)23)15-14(9-12)26-10-17(18-15)6-7-17/h1-5,8-9,18H,6-7,10H2,(H,19,21). The zero-order valence-electron chi connectivity index (χ0n) is 14.0. The quantitative estimate of drug-likeness (QED) is 0.605. The minimum absolute atomic E-state index is 0.0780. The molecule has 2 aliphatic rings. The van der Waals surface area contributed by atoms with Crippen LogP contribution in [0.25, 0.3) is 0 Å². The molecule has 0 radical (unpaired) electrons. The number of ether oxygens (including phenoxy) is 1. The van der Waals surface area contributed by atoms with Gasteiger partial charge in [-0.25, -0.2) is 13.1 Å². The van der Waals surface area contributed by atoms with Crippen molar-refractivity contribution in [2.24, 2.45) is 0 Å². The van der Waals surface area contributed by atoms with Crippen molar-refractivity contribution in [2.45, 2.75) is 23.3 Å². The number of nitrogens with one attached hydrogen (secondary N) is 2. The largest absolute Gasteiger partial charge is 0.489 e. The van der Waals surface area contributed by atoms with Gasteiger partial charge in [0.05, 0.1) is 15.4 Å². The van der Waals surface area contributed by atoms with Gasteiger partial charge < -0.3 is 10.1 Å². The van der Waals surface area contributed by atoms with Gasteiger partial charge in [0.2, 0.25) is 0 Å². The number of nitro benzene ring substituents is 1. The van der Waals surface area contributed by atoms with Crippen LogP contribution in [0.5, 0.6) is 5.75 Å². The van der Waals surface area contributed by atoms with Gasteiger partial charge in [0, 0.05) is 17.7 Å². The molecule has 140 valence electrons. The summed E-state index contributed by atoms with van der Waals surface area (Å²) in [5.74, 6) is -0.749. The maximum Gasteiger partial charge on any atom is 0.297 e. The van der Waals surface area contributed by atoms with Gasteiger partial charge in [0.1, 0.15) is 6.61 Å². The lowest BCUT2D eigenvalue weighted by Crippen LogP contribution is -2.34. The van der Waals surface area contributed by atoms with E-state index in [-0.39, 0.29) is 22.5 Å². The molecule has 0 aromatic heterocycles. The Balaban J connectivity index is 1.70. The highest BCUT2D eigenvalue weighted by Crippen LogP contribution is 2.49. The van der Waals surface area contributed by atoms with E-state index in [2.05, 4.69) is 5.32 Å². The Morgan fingerprint density at radius 2 is 1.93 bits per heavy atom. The number of carbonyl (C=O) groups excluding carboxylic acids is 1. The predicted octanol–water partition coefficient (Wildman–Crippen LogP) is 2.05. The van der Waals surface area contributed by atoms with Crippen molar-refractivity contribution in [3.63, 3.8) is 0 Å². The Morgan fingerprint density at radius 3 is 2.56 bits per heavy atom. The summed E-state index contributed by atoms with van der Waals surface area (Å²) in [5.41, 5.74) is -0.398. The molecule has 0 bridgehead atoms. The molecule has 0 atom stereocenters. The first-order valence-electron chi connectivity index (χ1n) is 8.15. The van der Waals surface area contributed by atoms with Crippen molar-refractivity contribution in [2.75, 3.05) is 11.9 Å². The number of benzene rings is 2. The first-order chi connectivity index (χ1) is 12.8. The SMILES string of the molecule is O=C(NS(=O)(=O)c1cc2c(c([N+](=O)[O-])c1)NC1(CC1)CO2)c1ccccc1. The number of fused-ring (bicyclic) bond motifs is 1. The van der Waals surface area contributed by atoms with Crippen LogP contribution in [0.3, 0.4) is 0 Å². The Bertz CT molecular complexity index is 1050. The smallest absolute Gasteiger partial charge is 0.297 e. The molecule has 2 N–H and O–H groups in total. The highest BCUT2D eigenvalue weighted by Gasteiger charge is 2.48. The van der Waals surface area contributed by atoms with Gasteiger partial charge in [-0.1, -0.05) is 18.2 Å². The Morgan fingerprint density at radius 1 is 1.22 bits per heavy atom. The third-order valence-electron chi connectivity index (χ3n) is 4.57. The van der Waals surface area contributed by atoms with Crippen molar-refractivity contribution in [1.82, 2.24) is 4.72 Å². The number of hydrogen-bond acceptors (Lipinski definition) is 7. The minimum Gasteiger partial charge on any atom is -0.489 e. The lowest BCUT2D eigenvalue weighted by atomic mass is 10.1. The van der Waals surface area contributed by atoms with Crippen molar-refractivity contribution in [3.05, 3.63) is 58.1 Å². The van der Waals surface area contributed by atoms with Gasteiger partial charge >= 0.3 is 0 Å². The second-order valence-electron chi connectivity index (χ2n) is 6.57. The lowest BCUT2D eigenvalue weighted by Gasteiger charge is -2.27. The highest BCUT2D eigenvalue weighted by atomic mass is 32.2. The van der Waals surface area contributed by atoms with Crippen LogP contribution in [0, 0.1) is 10.1 Å². The number of amides is 1. The molecule has 1 heterocycles. The molecular formula is C17H15N3O6S. The fourth-order valence-electron chi connectivity index (χ4n) is 2.88. The topological polar surface area (TPSA) is 128 Å². The molecular weight excluding hydrogens is 374 g/mol. The van der Waals surface area contributed by atoms with Gasteiger partial charge in [-0.05, 0) is 25.0 Å². The fourth-order valence-corrected chi connectivity index (χ4v) is 3.89. The first kappa shape index (κ1) is 17.3. The molecule has 1 aliphatic carbocycles. The second-order valence-corrected chi connectivity index (χ2v) is 8.25. The van der Waals surface area contributed by atoms with Gasteiger partial charge in [-0.2, -0.15) is 0 Å². The van der Waals surface area contributed by atoms with Gasteiger partial charge in [-0.3, -0.25) is 14.9 Å². The molecule has 0 unspecified atom stereocenters. The monoisotopic (exact) mass is 389 g/mol. The maximum atomic E-state index is 12.6. The van der Waals surface area contributed by atoms with E-state index in [4.69, 9.17) is 4.74 Å². The Labute approximate surface area is 154 Å². The summed E-state index contributed by atoms with van der Waals surface area (Å²) in [4.78, 5) is 22.5. The molecule has 2 aromatic rings. The molecule has 1 fully saturated rings. The van der Waals surface area contributed by atoms with Crippen LogP contribution in [-0.2, 0) is 10.0 Å². The van der Waals surface area contributed by atoms with E-state index in [1.165, 1.54) is 18.2 Å². The molecule has 2 aromatic carbocycles. The summed E-state index contributed by atoms with van der Waals surface area (Å²) in [6, 6.07) is 9.92. The minimum atomic E-state index is -4.32. The number of anilines is 1. The third-order valence-corrected chi connectivity index (χ3v) is 5.88. The van der Waals surface area contributed by atoms with E-state index >= 15 is 0 Å². The molecule has 1 saturated carbocycles. The van der Waals surface area contributed by atoms with E-state index < -0.39 is 31.4 Å². The van der Waals surface area contributed by atoms with Gasteiger partial charge in [0.15, 0.2) is 11.4 Å². The Hall–Kier alpha value is -3.14. The number of nitrogens with zero attached hydrogens (tertiary/aromatic N) is 1. The first-order valence-corrected chi connectivity index (χ1v) is 9.64. The average Bonchev–Trinajstić information content (AvgIpc) is 3.39. The van der Waals surface area contributed by atoms with E-state index in [1.807, 2.05) is 4.72 Å². The van der Waals surface area contributed by atoms with E-state index in [0.717, 1.165) is 18.9 Å². The summed E-state index contributed by atoms with van der Waals surface area (Å²) in [7, 11) is -4.32. The van der Waals surface area contributed by atoms with Crippen molar-refractivity contribution >= 4 is 27.3 Å². The van der Waals surface area contributed by atoms with Crippen LogP contribution in [0.15, 0.2) is 47.4 Å². The molecule has 4 rings (SSSR count). The molecule has 9 nitrogen and oxygen atoms in total. The number of rotatable bonds is 4. The average molecular weight is 389 g/mol. The zero-order valence-corrected chi connectivity index (χ0v) is 14.8. The summed E-state index contributed by atoms with van der Waals surface area (Å²) in [6.07, 6.45) is 1.66. The normalized spacial score (nSPS) is 16.6. The van der Waals surface area contributed by atoms with Crippen LogP contribution < -0.4 is 14.8 Å². The molecule has 27 heavy (non-hydrogen) atoms. The number of carbonyl (C=O) groups is 1. The highest BCUT2D eigenvalue weighted by molar-refractivity contribution is 7.90. The van der Waals surface area contributed by atoms with Gasteiger partial charge in [-0.15, -0.1) is 0 Å². The molecule has 1 amide bonds. The van der Waals surface area contributed by atoms with Crippen LogP contribution in [-0.4, -0.2) is 31.4 Å². The Kier molecular flexibility index (Phi) is 3.81. The molecule has 10 heteroatoms. The van der Waals surface area contributed by atoms with Gasteiger partial charge in [0.25, 0.3) is 21.6 Å². The van der Waals surface area contributed by atoms with Crippen molar-refractivity contribution in [3.8, 4) is 5.75 Å². The maximum absolute atomic E-state index is 12.6. The second kappa shape index (κ2) is 5.95. The molecule has 1 spiro atoms. The summed E-state index contributed by atoms with van der Waals surface area (Å²) in [6.45, 7) is 0.303. The number of sulfonamides is 1. The summed E-state index contributed by atoms with van der Waals surface area (Å²) in [5, 5.41) is 14.5. The number of hydrogen-bond donors (Lipinski definition) is 2. The summed E-state index contributed by atoms with van der Waals surface area (Å²) < 4.78 is 32.7. The van der Waals surface area contributed by atoms with E-state index in [1.54, 1.807) is 18.2 Å². The van der Waals surface area contributed by atoms with Crippen LogP contribution in [0.4, 0.5) is 11.4 Å². The fraction of sp³-hybridized carbons (Fsp3) is 0.235. The zero-order chi connectivity index (χ0) is 19.2. The summed E-state index contributed by atoms with van der Waals surface area (Å²) >= 11 is 0. The lowest BCUT2D eigenvalue weighted by molar-refractivity contribution is -0.384. The van der Waals surface area contributed by atoms with Crippen molar-refractivity contribution in [1.29, 1.82) is 0 Å².